The van der Waals surface area contributed by atoms with E-state index in [1.165, 1.54) is 30.0 Å². The number of sulfonamides is 1. The molecule has 2 saturated heterocycles. The first kappa shape index (κ1) is 33.3. The molecule has 0 saturated carbocycles. The number of nitrogens with zero attached hydrogens (tertiary/aromatic N) is 3. The molecule has 7 rings (SSSR count). The summed E-state index contributed by atoms with van der Waals surface area (Å²) in [4.78, 5) is 22.0. The second kappa shape index (κ2) is 14.3. The maximum atomic E-state index is 13.4. The fourth-order valence-electron chi connectivity index (χ4n) is 6.61. The summed E-state index contributed by atoms with van der Waals surface area (Å²) in [5, 5.41) is 0.417. The third-order valence-electron chi connectivity index (χ3n) is 9.35. The van der Waals surface area contributed by atoms with E-state index in [2.05, 4.69) is 31.6 Å². The Morgan fingerprint density at radius 3 is 2.33 bits per heavy atom. The largest absolute Gasteiger partial charge is 0.454 e. The molecule has 3 aliphatic heterocycles. The molecule has 1 aromatic heterocycles. The van der Waals surface area contributed by atoms with E-state index in [4.69, 9.17) is 37.4 Å². The molecule has 13 heteroatoms. The molecule has 0 bridgehead atoms. The maximum absolute atomic E-state index is 13.4. The lowest BCUT2D eigenvalue weighted by atomic mass is 9.88. The van der Waals surface area contributed by atoms with Crippen molar-refractivity contribution in [2.75, 3.05) is 42.6 Å². The highest BCUT2D eigenvalue weighted by molar-refractivity contribution is 7.92. The summed E-state index contributed by atoms with van der Waals surface area (Å²) >= 11 is 11.9. The summed E-state index contributed by atoms with van der Waals surface area (Å²) < 4.78 is 44.8. The monoisotopic (exact) mass is 722 g/mol. The number of pyridine rings is 1. The van der Waals surface area contributed by atoms with Gasteiger partial charge in [-0.2, -0.15) is 0 Å². The lowest BCUT2D eigenvalue weighted by Crippen LogP contribution is -2.45. The molecule has 4 heterocycles. The number of hydrogen-bond acceptors (Lipinski definition) is 8. The zero-order chi connectivity index (χ0) is 34.0. The molecule has 1 amide bonds. The predicted octanol–water partition coefficient (Wildman–Crippen LogP) is 7.41. The van der Waals surface area contributed by atoms with E-state index < -0.39 is 10.0 Å². The van der Waals surface area contributed by atoms with Crippen LogP contribution in [-0.2, 0) is 21.2 Å². The van der Waals surface area contributed by atoms with Gasteiger partial charge in [-0.25, -0.2) is 13.4 Å². The van der Waals surface area contributed by atoms with Gasteiger partial charge >= 0.3 is 0 Å². The SMILES string of the molecule is O=C(C1CCN(c2ccc(Oc3ccc(NS(=O)(=O)c4ccc(Cl)c(Cl)c4)cn3)cc2)CC1)N1CCC(Cc2ccc3c(c2)OCO3)CC1. The number of ether oxygens (including phenoxy) is 3. The van der Waals surface area contributed by atoms with E-state index in [1.54, 1.807) is 12.1 Å². The van der Waals surface area contributed by atoms with Gasteiger partial charge in [-0.3, -0.25) is 9.52 Å². The first-order valence-electron chi connectivity index (χ1n) is 16.3. The van der Waals surface area contributed by atoms with Crippen molar-refractivity contribution >= 4 is 50.5 Å². The Hall–Kier alpha value is -4.19. The molecule has 0 spiro atoms. The van der Waals surface area contributed by atoms with Gasteiger partial charge in [0.25, 0.3) is 10.0 Å². The average molecular weight is 724 g/mol. The average Bonchev–Trinajstić information content (AvgIpc) is 3.59. The number of piperidine rings is 2. The number of likely N-dealkylation sites (tertiary alicyclic amines) is 1. The molecule has 0 unspecified atom stereocenters. The lowest BCUT2D eigenvalue weighted by molar-refractivity contribution is -0.137. The van der Waals surface area contributed by atoms with E-state index >= 15 is 0 Å². The quantitative estimate of drug-likeness (QED) is 0.190. The summed E-state index contributed by atoms with van der Waals surface area (Å²) in [6.07, 6.45) is 6.08. The number of benzene rings is 3. The van der Waals surface area contributed by atoms with Crippen LogP contribution in [0, 0.1) is 11.8 Å². The smallest absolute Gasteiger partial charge is 0.261 e. The Bertz CT molecular complexity index is 1910. The number of hydrogen-bond donors (Lipinski definition) is 1. The summed E-state index contributed by atoms with van der Waals surface area (Å²) in [5.41, 5.74) is 2.61. The van der Waals surface area contributed by atoms with Crippen LogP contribution in [0.4, 0.5) is 11.4 Å². The van der Waals surface area contributed by atoms with Gasteiger partial charge in [0.1, 0.15) is 5.75 Å². The van der Waals surface area contributed by atoms with Crippen LogP contribution in [-0.4, -0.2) is 57.2 Å². The molecule has 49 heavy (non-hydrogen) atoms. The Kier molecular flexibility index (Phi) is 9.75. The van der Waals surface area contributed by atoms with E-state index in [0.717, 1.165) is 75.5 Å². The third-order valence-corrected chi connectivity index (χ3v) is 11.5. The molecule has 3 aromatic carbocycles. The number of halogens is 2. The normalized spacial score (nSPS) is 16.9. The van der Waals surface area contributed by atoms with E-state index in [1.807, 2.05) is 30.3 Å². The number of nitrogens with one attached hydrogen (secondary N) is 1. The van der Waals surface area contributed by atoms with Crippen molar-refractivity contribution in [3.63, 3.8) is 0 Å². The molecular weight excluding hydrogens is 687 g/mol. The van der Waals surface area contributed by atoms with Gasteiger partial charge in [-0.15, -0.1) is 0 Å². The molecule has 0 radical (unpaired) electrons. The third kappa shape index (κ3) is 7.84. The highest BCUT2D eigenvalue weighted by Gasteiger charge is 2.31. The minimum atomic E-state index is -3.87. The minimum Gasteiger partial charge on any atom is -0.454 e. The van der Waals surface area contributed by atoms with Gasteiger partial charge in [0.2, 0.25) is 18.6 Å². The van der Waals surface area contributed by atoms with Crippen LogP contribution < -0.4 is 23.8 Å². The van der Waals surface area contributed by atoms with Gasteiger partial charge in [-0.05, 0) is 104 Å². The molecule has 3 aliphatic rings. The molecule has 2 fully saturated rings. The first-order valence-corrected chi connectivity index (χ1v) is 18.6. The van der Waals surface area contributed by atoms with Crippen LogP contribution in [0.25, 0.3) is 0 Å². The summed E-state index contributed by atoms with van der Waals surface area (Å²) in [5.74, 6) is 3.49. The minimum absolute atomic E-state index is 0.0105. The standard InChI is InChI=1S/C36H36Cl2N4O6S/c37-31-8-7-30(21-32(31)38)49(44,45)40-27-2-10-35(39-22-27)48-29-5-3-28(4-6-29)41-17-13-26(14-18-41)36(43)42-15-11-24(12-16-42)19-25-1-9-33-34(20-25)47-23-46-33/h1-10,20-22,24,26,40H,11-19,23H2. The highest BCUT2D eigenvalue weighted by atomic mass is 35.5. The summed E-state index contributed by atoms with van der Waals surface area (Å²) in [6, 6.07) is 21.2. The predicted molar refractivity (Wildman–Crippen MR) is 189 cm³/mol. The topological polar surface area (TPSA) is 110 Å². The summed E-state index contributed by atoms with van der Waals surface area (Å²) in [6.45, 7) is 3.57. The van der Waals surface area contributed by atoms with E-state index in [9.17, 15) is 13.2 Å². The van der Waals surface area contributed by atoms with E-state index in [-0.39, 0.29) is 33.3 Å². The molecular formula is C36H36Cl2N4O6S. The number of carbonyl (C=O) groups is 1. The molecule has 0 atom stereocenters. The van der Waals surface area contributed by atoms with Crippen molar-refractivity contribution in [2.45, 2.75) is 37.0 Å². The van der Waals surface area contributed by atoms with Gasteiger partial charge in [0.15, 0.2) is 11.5 Å². The number of rotatable bonds is 9. The van der Waals surface area contributed by atoms with Gasteiger partial charge in [0, 0.05) is 43.9 Å². The van der Waals surface area contributed by atoms with Gasteiger partial charge < -0.3 is 24.0 Å². The molecule has 256 valence electrons. The van der Waals surface area contributed by atoms with Gasteiger partial charge in [0.05, 0.1) is 26.8 Å². The van der Waals surface area contributed by atoms with Crippen molar-refractivity contribution in [2.24, 2.45) is 11.8 Å². The fourth-order valence-corrected chi connectivity index (χ4v) is 8.04. The molecule has 0 aliphatic carbocycles. The number of carbonyl (C=O) groups excluding carboxylic acids is 1. The van der Waals surface area contributed by atoms with Crippen LogP contribution in [0.15, 0.2) is 83.9 Å². The van der Waals surface area contributed by atoms with Crippen LogP contribution in [0.1, 0.15) is 31.2 Å². The zero-order valence-electron chi connectivity index (χ0n) is 26.7. The maximum Gasteiger partial charge on any atom is 0.261 e. The van der Waals surface area contributed by atoms with Crippen molar-refractivity contribution in [1.82, 2.24) is 9.88 Å². The number of fused-ring (bicyclic) bond motifs is 1. The Balaban J connectivity index is 0.855. The van der Waals surface area contributed by atoms with Crippen molar-refractivity contribution in [1.29, 1.82) is 0 Å². The Morgan fingerprint density at radius 2 is 1.61 bits per heavy atom. The summed E-state index contributed by atoms with van der Waals surface area (Å²) in [7, 11) is -3.87. The van der Waals surface area contributed by atoms with Crippen LogP contribution >= 0.6 is 23.2 Å². The van der Waals surface area contributed by atoms with Crippen molar-refractivity contribution in [3.05, 3.63) is 94.6 Å². The zero-order valence-corrected chi connectivity index (χ0v) is 29.0. The van der Waals surface area contributed by atoms with E-state index in [0.29, 0.717) is 23.5 Å². The van der Waals surface area contributed by atoms with Crippen LogP contribution in [0.5, 0.6) is 23.1 Å². The Morgan fingerprint density at radius 1 is 0.857 bits per heavy atom. The second-order valence-electron chi connectivity index (χ2n) is 12.6. The van der Waals surface area contributed by atoms with Crippen LogP contribution in [0.3, 0.4) is 0 Å². The molecule has 1 N–H and O–H groups in total. The highest BCUT2D eigenvalue weighted by Crippen LogP contribution is 2.35. The number of anilines is 2. The fraction of sp³-hybridized carbons (Fsp3) is 0.333. The second-order valence-corrected chi connectivity index (χ2v) is 15.1. The van der Waals surface area contributed by atoms with Gasteiger partial charge in [-0.1, -0.05) is 29.3 Å². The van der Waals surface area contributed by atoms with Crippen molar-refractivity contribution < 1.29 is 27.4 Å². The first-order chi connectivity index (χ1) is 23.7. The number of amides is 1. The number of aromatic nitrogens is 1. The molecule has 4 aromatic rings. The lowest BCUT2D eigenvalue weighted by Gasteiger charge is -2.38. The Labute approximate surface area is 295 Å². The van der Waals surface area contributed by atoms with Crippen LogP contribution in [0.2, 0.25) is 10.0 Å². The van der Waals surface area contributed by atoms with Crippen molar-refractivity contribution in [3.8, 4) is 23.1 Å². The molecule has 10 nitrogen and oxygen atoms in total.